The highest BCUT2D eigenvalue weighted by atomic mass is 28.3. The number of hydrogen-bond donors (Lipinski definition) is 0. The number of rotatable bonds is 4. The van der Waals surface area contributed by atoms with Crippen molar-refractivity contribution in [3.8, 4) is 0 Å². The predicted octanol–water partition coefficient (Wildman–Crippen LogP) is 0.344. The summed E-state index contributed by atoms with van der Waals surface area (Å²) in [6, 6.07) is 0. The summed E-state index contributed by atoms with van der Waals surface area (Å²) in [5, 5.41) is 11.4. The van der Waals surface area contributed by atoms with E-state index in [0.29, 0.717) is 11.8 Å². The zero-order chi connectivity index (χ0) is 11.8. The van der Waals surface area contributed by atoms with Crippen LogP contribution in [0, 0.1) is 0 Å². The standard InChI is InChI=1S/C8H18N4O2Si/c1-7(9-11(3)4)13-15-14-8(2)10-12(5)6/h1-6H3/q+1/b9-7+,10-8+. The molecule has 15 heavy (non-hydrogen) atoms. The van der Waals surface area contributed by atoms with E-state index < -0.39 is 0 Å². The highest BCUT2D eigenvalue weighted by Gasteiger charge is 2.23. The summed E-state index contributed by atoms with van der Waals surface area (Å²) in [5.74, 6) is 1.13. The van der Waals surface area contributed by atoms with Crippen LogP contribution >= 0.6 is 0 Å². The van der Waals surface area contributed by atoms with Crippen molar-refractivity contribution >= 4 is 21.8 Å². The van der Waals surface area contributed by atoms with Gasteiger partial charge in [0.25, 0.3) is 0 Å². The molecule has 0 rings (SSSR count). The van der Waals surface area contributed by atoms with Crippen LogP contribution in [0.3, 0.4) is 0 Å². The molecule has 7 heteroatoms. The van der Waals surface area contributed by atoms with Gasteiger partial charge in [0, 0.05) is 42.0 Å². The van der Waals surface area contributed by atoms with Crippen molar-refractivity contribution < 1.29 is 8.85 Å². The monoisotopic (exact) mass is 230 g/mol. The average Bonchev–Trinajstić information content (AvgIpc) is 2.00. The molecule has 0 spiro atoms. The Bertz CT molecular complexity index is 217. The van der Waals surface area contributed by atoms with E-state index >= 15 is 0 Å². The summed E-state index contributed by atoms with van der Waals surface area (Å²) in [4.78, 5) is 0. The quantitative estimate of drug-likeness (QED) is 0.302. The molecule has 0 aliphatic heterocycles. The minimum Gasteiger partial charge on any atom is -0.300 e. The van der Waals surface area contributed by atoms with E-state index in [9.17, 15) is 0 Å². The fourth-order valence-electron chi connectivity index (χ4n) is 0.746. The highest BCUT2D eigenvalue weighted by Crippen LogP contribution is 1.87. The molecule has 85 valence electrons. The zero-order valence-electron chi connectivity index (χ0n) is 10.1. The van der Waals surface area contributed by atoms with Crippen molar-refractivity contribution in [3.63, 3.8) is 0 Å². The minimum atomic E-state index is -0.123. The van der Waals surface area contributed by atoms with E-state index in [-0.39, 0.29) is 10.0 Å². The molecule has 6 nitrogen and oxygen atoms in total. The number of hydrazone groups is 2. The van der Waals surface area contributed by atoms with Crippen LogP contribution in [0.5, 0.6) is 0 Å². The van der Waals surface area contributed by atoms with Crippen molar-refractivity contribution in [2.24, 2.45) is 10.2 Å². The summed E-state index contributed by atoms with van der Waals surface area (Å²) in [7, 11) is 7.19. The molecule has 0 bridgehead atoms. The first kappa shape index (κ1) is 13.8. The van der Waals surface area contributed by atoms with Crippen LogP contribution in [0.4, 0.5) is 0 Å². The maximum absolute atomic E-state index is 5.22. The van der Waals surface area contributed by atoms with E-state index in [4.69, 9.17) is 8.85 Å². The summed E-state index contributed by atoms with van der Waals surface area (Å²) in [6.07, 6.45) is 0. The van der Waals surface area contributed by atoms with Gasteiger partial charge >= 0.3 is 10.0 Å². The molecule has 0 aromatic rings. The van der Waals surface area contributed by atoms with Gasteiger partial charge in [0.2, 0.25) is 11.8 Å². The van der Waals surface area contributed by atoms with Gasteiger partial charge in [-0.3, -0.25) is 18.9 Å². The fourth-order valence-corrected chi connectivity index (χ4v) is 1.11. The van der Waals surface area contributed by atoms with Crippen molar-refractivity contribution in [2.45, 2.75) is 13.8 Å². The van der Waals surface area contributed by atoms with Gasteiger partial charge in [-0.2, -0.15) is 0 Å². The Hall–Kier alpha value is -1.24. The van der Waals surface area contributed by atoms with Crippen LogP contribution in [0.1, 0.15) is 13.8 Å². The Morgan fingerprint density at radius 2 is 1.20 bits per heavy atom. The smallest absolute Gasteiger partial charge is 0.300 e. The maximum atomic E-state index is 5.22. The number of hydrogen-bond acceptors (Lipinski definition) is 6. The summed E-state index contributed by atoms with van der Waals surface area (Å²) in [6.45, 7) is 3.55. The lowest BCUT2D eigenvalue weighted by molar-refractivity contribution is 0.380. The molecule has 0 heterocycles. The zero-order valence-corrected chi connectivity index (χ0v) is 11.1. The van der Waals surface area contributed by atoms with E-state index in [1.807, 2.05) is 28.2 Å². The van der Waals surface area contributed by atoms with E-state index in [2.05, 4.69) is 10.2 Å². The summed E-state index contributed by atoms with van der Waals surface area (Å²) in [5.41, 5.74) is 0. The first-order valence-electron chi connectivity index (χ1n) is 4.45. The van der Waals surface area contributed by atoms with E-state index in [1.165, 1.54) is 0 Å². The van der Waals surface area contributed by atoms with Crippen molar-refractivity contribution in [1.82, 2.24) is 10.0 Å². The van der Waals surface area contributed by atoms with Gasteiger partial charge in [0.05, 0.1) is 0 Å². The third-order valence-electron chi connectivity index (χ3n) is 1.06. The fraction of sp³-hybridized carbons (Fsp3) is 0.750. The van der Waals surface area contributed by atoms with E-state index in [1.54, 1.807) is 23.9 Å². The molecule has 0 aromatic heterocycles. The summed E-state index contributed by atoms with van der Waals surface area (Å²) >= 11 is 0. The second kappa shape index (κ2) is 7.10. The molecule has 0 saturated heterocycles. The molecule has 0 aliphatic rings. The predicted molar refractivity (Wildman–Crippen MR) is 61.5 cm³/mol. The van der Waals surface area contributed by atoms with Crippen LogP contribution in [-0.4, -0.2) is 60.0 Å². The first-order valence-corrected chi connectivity index (χ1v) is 5.27. The van der Waals surface area contributed by atoms with E-state index in [0.717, 1.165) is 0 Å². The Kier molecular flexibility index (Phi) is 6.51. The molecule has 0 saturated carbocycles. The van der Waals surface area contributed by atoms with Gasteiger partial charge in [-0.15, -0.1) is 10.2 Å². The molecule has 0 N–H and O–H groups in total. The largest absolute Gasteiger partial charge is 1.05 e. The summed E-state index contributed by atoms with van der Waals surface area (Å²) < 4.78 is 10.4. The topological polar surface area (TPSA) is 49.7 Å². The Morgan fingerprint density at radius 1 is 0.867 bits per heavy atom. The lowest BCUT2D eigenvalue weighted by atomic mass is 10.8. The molecular formula is C8H18N4O2Si+. The Morgan fingerprint density at radius 3 is 1.47 bits per heavy atom. The molecule has 0 unspecified atom stereocenters. The van der Waals surface area contributed by atoms with Gasteiger partial charge in [0.1, 0.15) is 0 Å². The lowest BCUT2D eigenvalue weighted by Crippen LogP contribution is -2.17. The Balaban J connectivity index is 3.80. The second-order valence-electron chi connectivity index (χ2n) is 3.22. The third kappa shape index (κ3) is 9.07. The SMILES string of the molecule is C/C(=N\N(C)C)O[Si+]O/C(C)=N/N(C)C. The second-order valence-corrected chi connectivity index (χ2v) is 3.79. The van der Waals surface area contributed by atoms with Crippen LogP contribution in [-0.2, 0) is 8.85 Å². The van der Waals surface area contributed by atoms with Crippen molar-refractivity contribution in [2.75, 3.05) is 28.2 Å². The Labute approximate surface area is 93.6 Å². The van der Waals surface area contributed by atoms with Crippen LogP contribution < -0.4 is 0 Å². The molecule has 0 amide bonds. The first-order chi connectivity index (χ1) is 6.91. The molecule has 0 atom stereocenters. The van der Waals surface area contributed by atoms with Crippen LogP contribution in [0.2, 0.25) is 0 Å². The molecular weight excluding hydrogens is 212 g/mol. The van der Waals surface area contributed by atoms with Crippen LogP contribution in [0.15, 0.2) is 10.2 Å². The van der Waals surface area contributed by atoms with Crippen molar-refractivity contribution in [3.05, 3.63) is 0 Å². The van der Waals surface area contributed by atoms with Gasteiger partial charge in [-0.1, -0.05) is 0 Å². The normalized spacial score (nSPS) is 12.1. The van der Waals surface area contributed by atoms with Gasteiger partial charge in [-0.25, -0.2) is 0 Å². The lowest BCUT2D eigenvalue weighted by Gasteiger charge is -2.03. The van der Waals surface area contributed by atoms with Gasteiger partial charge in [-0.05, 0) is 0 Å². The van der Waals surface area contributed by atoms with Gasteiger partial charge in [0.15, 0.2) is 0 Å². The molecule has 0 fully saturated rings. The molecule has 0 aliphatic carbocycles. The minimum absolute atomic E-state index is 0.123. The highest BCUT2D eigenvalue weighted by molar-refractivity contribution is 6.26. The molecule has 0 aromatic carbocycles. The molecule has 1 radical (unpaired) electrons. The van der Waals surface area contributed by atoms with Gasteiger partial charge < -0.3 is 0 Å². The average molecular weight is 230 g/mol. The number of nitrogens with zero attached hydrogens (tertiary/aromatic N) is 4. The van der Waals surface area contributed by atoms with Crippen LogP contribution in [0.25, 0.3) is 0 Å². The van der Waals surface area contributed by atoms with Crippen molar-refractivity contribution in [1.29, 1.82) is 0 Å². The third-order valence-corrected chi connectivity index (χ3v) is 1.82. The maximum Gasteiger partial charge on any atom is 1.05 e.